The smallest absolute Gasteiger partial charge is 0.410 e. The molecule has 236 valence electrons. The van der Waals surface area contributed by atoms with Gasteiger partial charge in [0.15, 0.2) is 0 Å². The van der Waals surface area contributed by atoms with Gasteiger partial charge < -0.3 is 29.3 Å². The number of rotatable bonds is 4. The second-order valence-electron chi connectivity index (χ2n) is 16.5. The number of ether oxygens (including phenoxy) is 3. The van der Waals surface area contributed by atoms with Crippen molar-refractivity contribution in [3.05, 3.63) is 0 Å². The van der Waals surface area contributed by atoms with Gasteiger partial charge in [-0.25, -0.2) is 4.79 Å². The molecule has 12 unspecified atom stereocenters. The molecule has 2 aliphatic heterocycles. The van der Waals surface area contributed by atoms with E-state index in [-0.39, 0.29) is 57.9 Å². The zero-order chi connectivity index (χ0) is 29.9. The van der Waals surface area contributed by atoms with Gasteiger partial charge in [-0.15, -0.1) is 0 Å². The third-order valence-corrected chi connectivity index (χ3v) is 15.0. The molecule has 0 aromatic rings. The van der Waals surface area contributed by atoms with Crippen LogP contribution >= 0.6 is 0 Å². The average molecular weight is 588 g/mol. The van der Waals surface area contributed by atoms with Gasteiger partial charge in [0.1, 0.15) is 6.10 Å². The molecule has 5 saturated carbocycles. The van der Waals surface area contributed by atoms with Crippen molar-refractivity contribution in [1.29, 1.82) is 0 Å². The number of carbonyl (C=O) groups is 2. The number of aliphatic hydroxyl groups excluding tert-OH is 1. The molecule has 12 atom stereocenters. The van der Waals surface area contributed by atoms with E-state index in [4.69, 9.17) is 14.2 Å². The van der Waals surface area contributed by atoms with Crippen LogP contribution in [0.1, 0.15) is 98.8 Å². The molecule has 5 aliphatic carbocycles. The van der Waals surface area contributed by atoms with E-state index in [0.29, 0.717) is 56.4 Å². The summed E-state index contributed by atoms with van der Waals surface area (Å²) in [4.78, 5) is 26.2. The number of hydrogen-bond acceptors (Lipinski definition) is 6. The van der Waals surface area contributed by atoms with Gasteiger partial charge in [0.25, 0.3) is 0 Å². The maximum absolute atomic E-state index is 13.1. The lowest BCUT2D eigenvalue weighted by Crippen LogP contribution is -2.60. The third-order valence-electron chi connectivity index (χ3n) is 15.0. The van der Waals surface area contributed by atoms with Gasteiger partial charge in [0.05, 0.1) is 31.5 Å². The molecule has 7 fully saturated rings. The quantitative estimate of drug-likeness (QED) is 0.447. The number of carboxylic acids is 1. The number of carbonyl (C=O) groups excluding carboxylic acids is 1. The lowest BCUT2D eigenvalue weighted by molar-refractivity contribution is -0.183. The predicted octanol–water partition coefficient (Wildman–Crippen LogP) is 5.50. The highest BCUT2D eigenvalue weighted by molar-refractivity contribution is 5.68. The van der Waals surface area contributed by atoms with Crippen LogP contribution in [-0.2, 0) is 19.0 Å². The molecule has 8 heteroatoms. The third kappa shape index (κ3) is 3.70. The highest BCUT2D eigenvalue weighted by Gasteiger charge is 2.84. The Morgan fingerprint density at radius 2 is 1.67 bits per heavy atom. The minimum atomic E-state index is -0.779. The average Bonchev–Trinajstić information content (AvgIpc) is 3.58. The lowest BCUT2D eigenvalue weighted by Gasteiger charge is -2.63. The predicted molar refractivity (Wildman–Crippen MR) is 156 cm³/mol. The van der Waals surface area contributed by atoms with Crippen molar-refractivity contribution < 1.29 is 34.0 Å². The molecule has 0 aromatic heterocycles. The van der Waals surface area contributed by atoms with Gasteiger partial charge >= 0.3 is 12.1 Å². The summed E-state index contributed by atoms with van der Waals surface area (Å²) in [5, 5.41) is 21.6. The van der Waals surface area contributed by atoms with Crippen LogP contribution in [0.2, 0.25) is 0 Å². The Hall–Kier alpha value is -1.38. The van der Waals surface area contributed by atoms with E-state index in [1.165, 1.54) is 12.8 Å². The zero-order valence-electron chi connectivity index (χ0n) is 26.4. The van der Waals surface area contributed by atoms with Crippen LogP contribution in [-0.4, -0.2) is 77.9 Å². The standard InChI is InChI=1S/C34H53NO7/c1-20-18-21(6-9-25(36)37)41-27-26(20)31(4)12-13-34-19-33(34)11-10-24(42-29(39)35-14-16-40-17-15-35)30(2,3)22(33)7-8-23(34)32(31,5)28(27)38/h20-24,26-28,38H,6-19H2,1-5H3,(H,36,37). The van der Waals surface area contributed by atoms with Gasteiger partial charge in [-0.05, 0) is 97.7 Å². The summed E-state index contributed by atoms with van der Waals surface area (Å²) in [5.74, 6) is 0.895. The van der Waals surface area contributed by atoms with E-state index in [9.17, 15) is 19.8 Å². The number of aliphatic hydroxyl groups is 1. The number of fused-ring (bicyclic) bond motifs is 4. The van der Waals surface area contributed by atoms with E-state index < -0.39 is 12.1 Å². The summed E-state index contributed by atoms with van der Waals surface area (Å²) in [6.07, 6.45) is 8.29. The van der Waals surface area contributed by atoms with Crippen LogP contribution in [0, 0.1) is 50.7 Å². The topological polar surface area (TPSA) is 106 Å². The van der Waals surface area contributed by atoms with E-state index >= 15 is 0 Å². The molecule has 42 heavy (non-hydrogen) atoms. The molecule has 1 amide bonds. The fourth-order valence-electron chi connectivity index (χ4n) is 13.0. The van der Waals surface area contributed by atoms with E-state index in [2.05, 4.69) is 34.6 Å². The fraction of sp³-hybridized carbons (Fsp3) is 0.941. The van der Waals surface area contributed by atoms with Crippen molar-refractivity contribution in [1.82, 2.24) is 4.90 Å². The summed E-state index contributed by atoms with van der Waals surface area (Å²) < 4.78 is 18.4. The first kappa shape index (κ1) is 29.3. The number of morpholine rings is 1. The maximum Gasteiger partial charge on any atom is 0.410 e. The maximum atomic E-state index is 13.1. The van der Waals surface area contributed by atoms with Crippen LogP contribution in [0.4, 0.5) is 4.79 Å². The first-order chi connectivity index (χ1) is 19.8. The van der Waals surface area contributed by atoms with Crippen LogP contribution in [0.5, 0.6) is 0 Å². The van der Waals surface area contributed by atoms with E-state index in [1.54, 1.807) is 4.90 Å². The highest BCUT2D eigenvalue weighted by Crippen LogP contribution is 2.89. The minimum absolute atomic E-state index is 0.00120. The first-order valence-electron chi connectivity index (χ1n) is 16.9. The second-order valence-corrected chi connectivity index (χ2v) is 16.5. The second kappa shape index (κ2) is 9.56. The summed E-state index contributed by atoms with van der Waals surface area (Å²) >= 11 is 0. The van der Waals surface area contributed by atoms with Gasteiger partial charge in [0, 0.05) is 30.3 Å². The van der Waals surface area contributed by atoms with E-state index in [1.807, 2.05) is 0 Å². The SMILES string of the molecule is CC1CC(CCC(=O)O)OC2C1C1(C)CCC34CC35CCC(OC(=O)N3CCOCC3)C(C)(C)C5CCC4C1(C)C2O. The molecule has 0 radical (unpaired) electrons. The summed E-state index contributed by atoms with van der Waals surface area (Å²) in [5.41, 5.74) is 0.209. The van der Waals surface area contributed by atoms with Gasteiger partial charge in [-0.2, -0.15) is 0 Å². The van der Waals surface area contributed by atoms with Crippen LogP contribution in [0.3, 0.4) is 0 Å². The fourth-order valence-corrected chi connectivity index (χ4v) is 13.0. The Kier molecular flexibility index (Phi) is 6.68. The van der Waals surface area contributed by atoms with Crippen molar-refractivity contribution in [2.45, 2.75) is 123 Å². The molecule has 7 rings (SSSR count). The molecule has 0 bridgehead atoms. The van der Waals surface area contributed by atoms with Gasteiger partial charge in [0.2, 0.25) is 0 Å². The van der Waals surface area contributed by atoms with Gasteiger partial charge in [-0.3, -0.25) is 4.79 Å². The van der Waals surface area contributed by atoms with Crippen LogP contribution in [0.15, 0.2) is 0 Å². The molecule has 2 N–H and O–H groups in total. The van der Waals surface area contributed by atoms with Crippen molar-refractivity contribution in [2.75, 3.05) is 26.3 Å². The minimum Gasteiger partial charge on any atom is -0.481 e. The van der Waals surface area contributed by atoms with Gasteiger partial charge in [-0.1, -0.05) is 34.6 Å². The number of hydrogen-bond donors (Lipinski definition) is 2. The summed E-state index contributed by atoms with van der Waals surface area (Å²) in [6, 6.07) is 0. The summed E-state index contributed by atoms with van der Waals surface area (Å²) in [6.45, 7) is 14.2. The molecular formula is C34H53NO7. The molecule has 2 spiro atoms. The van der Waals surface area contributed by atoms with Crippen LogP contribution < -0.4 is 0 Å². The molecule has 8 nitrogen and oxygen atoms in total. The summed E-state index contributed by atoms with van der Waals surface area (Å²) in [7, 11) is 0. The lowest BCUT2D eigenvalue weighted by atomic mass is 9.41. The number of nitrogens with zero attached hydrogens (tertiary/aromatic N) is 1. The monoisotopic (exact) mass is 587 g/mol. The molecule has 0 aromatic carbocycles. The Bertz CT molecular complexity index is 1120. The highest BCUT2D eigenvalue weighted by atomic mass is 16.6. The normalized spacial score (nSPS) is 52.2. The molecule has 2 saturated heterocycles. The zero-order valence-corrected chi connectivity index (χ0v) is 26.4. The van der Waals surface area contributed by atoms with E-state index in [0.717, 1.165) is 38.5 Å². The molecule has 2 heterocycles. The Morgan fingerprint density at radius 1 is 0.976 bits per heavy atom. The van der Waals surface area contributed by atoms with Crippen molar-refractivity contribution in [3.8, 4) is 0 Å². The van der Waals surface area contributed by atoms with Crippen molar-refractivity contribution in [2.24, 2.45) is 50.7 Å². The Labute approximate surface area is 251 Å². The van der Waals surface area contributed by atoms with Crippen molar-refractivity contribution >= 4 is 12.1 Å². The number of amides is 1. The van der Waals surface area contributed by atoms with Crippen molar-refractivity contribution in [3.63, 3.8) is 0 Å². The number of carboxylic acid groups (broad SMARTS) is 1. The first-order valence-corrected chi connectivity index (χ1v) is 16.9. The Balaban J connectivity index is 1.13. The van der Waals surface area contributed by atoms with Crippen LogP contribution in [0.25, 0.3) is 0 Å². The Morgan fingerprint density at radius 3 is 2.38 bits per heavy atom. The molecule has 7 aliphatic rings. The largest absolute Gasteiger partial charge is 0.481 e. The molecular weight excluding hydrogens is 534 g/mol. The number of aliphatic carboxylic acids is 1.